The number of esters is 1. The molecule has 2 aromatic carbocycles. The van der Waals surface area contributed by atoms with Gasteiger partial charge in [0.25, 0.3) is 16.8 Å². The van der Waals surface area contributed by atoms with E-state index in [2.05, 4.69) is 4.74 Å². The van der Waals surface area contributed by atoms with Gasteiger partial charge in [-0.25, -0.2) is 4.79 Å². The second kappa shape index (κ2) is 10.6. The third-order valence-corrected chi connectivity index (χ3v) is 5.56. The third kappa shape index (κ3) is 5.41. The number of amides is 2. The van der Waals surface area contributed by atoms with Gasteiger partial charge in [0.2, 0.25) is 0 Å². The molecule has 0 aliphatic carbocycles. The second-order valence-corrected chi connectivity index (χ2v) is 7.73. The van der Waals surface area contributed by atoms with Crippen molar-refractivity contribution in [3.05, 3.63) is 68.6 Å². The van der Waals surface area contributed by atoms with Gasteiger partial charge in [0.15, 0.2) is 23.9 Å². The average molecular weight is 486 g/mol. The summed E-state index contributed by atoms with van der Waals surface area (Å²) in [6, 6.07) is 9.69. The largest absolute Gasteiger partial charge is 0.493 e. The van der Waals surface area contributed by atoms with Gasteiger partial charge in [-0.1, -0.05) is 12.1 Å². The fourth-order valence-corrected chi connectivity index (χ4v) is 3.76. The van der Waals surface area contributed by atoms with Gasteiger partial charge in [-0.05, 0) is 36.0 Å². The first kappa shape index (κ1) is 24.5. The molecule has 11 nitrogen and oxygen atoms in total. The molecule has 1 aliphatic heterocycles. The molecule has 0 spiro atoms. The average Bonchev–Trinajstić information content (AvgIpc) is 3.09. The molecule has 0 atom stereocenters. The van der Waals surface area contributed by atoms with Gasteiger partial charge in [0, 0.05) is 23.3 Å². The van der Waals surface area contributed by atoms with Crippen molar-refractivity contribution in [3.8, 4) is 11.5 Å². The van der Waals surface area contributed by atoms with Crippen molar-refractivity contribution in [1.82, 2.24) is 4.90 Å². The number of non-ortho nitro benzene ring substituents is 1. The quantitative estimate of drug-likeness (QED) is 0.171. The summed E-state index contributed by atoms with van der Waals surface area (Å²) in [6.45, 7) is -0.924. The summed E-state index contributed by atoms with van der Waals surface area (Å²) in [5, 5.41) is 10.1. The number of rotatable bonds is 9. The van der Waals surface area contributed by atoms with Crippen LogP contribution in [0.15, 0.2) is 47.4 Å². The number of nitro groups is 1. The van der Waals surface area contributed by atoms with Crippen molar-refractivity contribution in [2.45, 2.75) is 0 Å². The summed E-state index contributed by atoms with van der Waals surface area (Å²) in [6.07, 6.45) is 1.40. The zero-order valence-corrected chi connectivity index (χ0v) is 18.8. The van der Waals surface area contributed by atoms with Gasteiger partial charge < -0.3 is 14.2 Å². The van der Waals surface area contributed by atoms with Crippen molar-refractivity contribution in [3.63, 3.8) is 0 Å². The number of ketones is 1. The highest BCUT2D eigenvalue weighted by Crippen LogP contribution is 2.37. The molecule has 1 saturated heterocycles. The number of carbonyl (C=O) groups excluding carboxylic acids is 4. The Hall–Kier alpha value is -4.19. The Bertz CT molecular complexity index is 1190. The minimum absolute atomic E-state index is 0.0395. The van der Waals surface area contributed by atoms with Crippen molar-refractivity contribution >= 4 is 46.4 Å². The highest BCUT2D eigenvalue weighted by Gasteiger charge is 2.36. The molecule has 0 aromatic heterocycles. The number of hydrogen-bond acceptors (Lipinski definition) is 10. The highest BCUT2D eigenvalue weighted by molar-refractivity contribution is 8.18. The van der Waals surface area contributed by atoms with Crippen molar-refractivity contribution < 1.29 is 38.3 Å². The fraction of sp³-hybridized carbons (Fsp3) is 0.182. The molecule has 3 rings (SSSR count). The zero-order chi connectivity index (χ0) is 24.8. The lowest BCUT2D eigenvalue weighted by Crippen LogP contribution is -2.33. The molecule has 0 N–H and O–H groups in total. The van der Waals surface area contributed by atoms with Crippen LogP contribution in [-0.2, 0) is 14.3 Å². The van der Waals surface area contributed by atoms with E-state index in [1.807, 2.05) is 0 Å². The zero-order valence-electron chi connectivity index (χ0n) is 18.0. The van der Waals surface area contributed by atoms with Crippen LogP contribution >= 0.6 is 11.8 Å². The van der Waals surface area contributed by atoms with Crippen molar-refractivity contribution in [2.24, 2.45) is 0 Å². The summed E-state index contributed by atoms with van der Waals surface area (Å²) >= 11 is 0.640. The number of nitrogens with zero attached hydrogens (tertiary/aromatic N) is 2. The number of Topliss-reactive ketones (excluding diaryl/α,β-unsaturated/α-hetero) is 1. The number of hydrogen-bond donors (Lipinski definition) is 0. The van der Waals surface area contributed by atoms with Crippen LogP contribution in [0.2, 0.25) is 0 Å². The number of thioether (sulfide) groups is 1. The van der Waals surface area contributed by atoms with Crippen LogP contribution in [0.4, 0.5) is 10.5 Å². The molecule has 1 aliphatic rings. The highest BCUT2D eigenvalue weighted by atomic mass is 32.2. The number of methoxy groups -OCH3 is 2. The van der Waals surface area contributed by atoms with E-state index in [0.717, 1.165) is 4.90 Å². The summed E-state index contributed by atoms with van der Waals surface area (Å²) in [5.41, 5.74) is 0.310. The Morgan fingerprint density at radius 2 is 1.82 bits per heavy atom. The smallest absolute Gasteiger partial charge is 0.343 e. The number of carbonyl (C=O) groups is 4. The fourth-order valence-electron chi connectivity index (χ4n) is 2.93. The second-order valence-electron chi connectivity index (χ2n) is 6.74. The Kier molecular flexibility index (Phi) is 7.64. The molecule has 2 amide bonds. The Morgan fingerprint density at radius 1 is 1.12 bits per heavy atom. The molecule has 0 bridgehead atoms. The number of nitro benzene ring substituents is 1. The van der Waals surface area contributed by atoms with Crippen LogP contribution in [0, 0.1) is 10.1 Å². The van der Waals surface area contributed by atoms with E-state index < -0.39 is 41.0 Å². The molecule has 0 radical (unpaired) electrons. The molecular formula is C22H18N2O9S. The SMILES string of the molecule is COC(=O)COc1c(/C=C2/SC(=O)N(CC(=O)c3ccc([N+](=O)[O-])cc3)C2=O)cccc1OC. The van der Waals surface area contributed by atoms with Crippen molar-refractivity contribution in [1.29, 1.82) is 0 Å². The van der Waals surface area contributed by atoms with Crippen LogP contribution < -0.4 is 9.47 Å². The third-order valence-electron chi connectivity index (χ3n) is 4.65. The molecule has 0 unspecified atom stereocenters. The van der Waals surface area contributed by atoms with Crippen LogP contribution in [0.1, 0.15) is 15.9 Å². The minimum Gasteiger partial charge on any atom is -0.493 e. The molecular weight excluding hydrogens is 468 g/mol. The molecule has 1 heterocycles. The van der Waals surface area contributed by atoms with Crippen molar-refractivity contribution in [2.75, 3.05) is 27.4 Å². The van der Waals surface area contributed by atoms with E-state index in [0.29, 0.717) is 23.1 Å². The van der Waals surface area contributed by atoms with E-state index in [-0.39, 0.29) is 21.9 Å². The van der Waals surface area contributed by atoms with E-state index in [1.165, 1.54) is 44.6 Å². The predicted octanol–water partition coefficient (Wildman–Crippen LogP) is 3.07. The first-order chi connectivity index (χ1) is 16.2. The van der Waals surface area contributed by atoms with Crippen LogP contribution in [-0.4, -0.2) is 60.1 Å². The first-order valence-corrected chi connectivity index (χ1v) is 10.5. The Morgan fingerprint density at radius 3 is 2.44 bits per heavy atom. The lowest BCUT2D eigenvalue weighted by Gasteiger charge is -2.13. The van der Waals surface area contributed by atoms with E-state index in [9.17, 15) is 29.3 Å². The van der Waals surface area contributed by atoms with Crippen LogP contribution in [0.5, 0.6) is 11.5 Å². The van der Waals surface area contributed by atoms with E-state index in [4.69, 9.17) is 9.47 Å². The Balaban J connectivity index is 1.81. The van der Waals surface area contributed by atoms with Gasteiger partial charge in [0.05, 0.1) is 30.6 Å². The molecule has 176 valence electrons. The first-order valence-electron chi connectivity index (χ1n) is 9.64. The normalized spacial score (nSPS) is 14.3. The molecule has 0 saturated carbocycles. The summed E-state index contributed by atoms with van der Waals surface area (Å²) in [5.74, 6) is -1.40. The van der Waals surface area contributed by atoms with Gasteiger partial charge in [-0.3, -0.25) is 29.4 Å². The van der Waals surface area contributed by atoms with E-state index >= 15 is 0 Å². The monoisotopic (exact) mass is 486 g/mol. The van der Waals surface area contributed by atoms with Crippen LogP contribution in [0.25, 0.3) is 6.08 Å². The maximum atomic E-state index is 12.8. The maximum absolute atomic E-state index is 12.8. The van der Waals surface area contributed by atoms with Gasteiger partial charge in [-0.15, -0.1) is 0 Å². The van der Waals surface area contributed by atoms with Gasteiger partial charge in [0.1, 0.15) is 0 Å². The molecule has 34 heavy (non-hydrogen) atoms. The lowest BCUT2D eigenvalue weighted by molar-refractivity contribution is -0.384. The Labute approximate surface area is 197 Å². The lowest BCUT2D eigenvalue weighted by atomic mass is 10.1. The summed E-state index contributed by atoms with van der Waals surface area (Å²) < 4.78 is 15.3. The minimum atomic E-state index is -0.688. The number of imide groups is 1. The number of para-hydroxylation sites is 1. The number of ether oxygens (including phenoxy) is 3. The number of benzene rings is 2. The molecule has 2 aromatic rings. The van der Waals surface area contributed by atoms with Gasteiger partial charge in [-0.2, -0.15) is 0 Å². The molecule has 12 heteroatoms. The maximum Gasteiger partial charge on any atom is 0.343 e. The van der Waals surface area contributed by atoms with Gasteiger partial charge >= 0.3 is 5.97 Å². The summed E-state index contributed by atoms with van der Waals surface area (Å²) in [7, 11) is 2.62. The predicted molar refractivity (Wildman–Crippen MR) is 121 cm³/mol. The topological polar surface area (TPSA) is 142 Å². The summed E-state index contributed by atoms with van der Waals surface area (Å²) in [4.78, 5) is 60.3. The molecule has 1 fully saturated rings. The standard InChI is InChI=1S/C22H18N2O9S/c1-31-17-5-3-4-14(20(17)33-12-19(26)32-2)10-18-21(27)23(22(28)34-18)11-16(25)13-6-8-15(9-7-13)24(29)30/h3-10H,11-12H2,1-2H3/b18-10+. The van der Waals surface area contributed by atoms with E-state index in [1.54, 1.807) is 18.2 Å². The van der Waals surface area contributed by atoms with Crippen LogP contribution in [0.3, 0.4) is 0 Å².